The van der Waals surface area contributed by atoms with Crippen molar-refractivity contribution in [2.75, 3.05) is 4.90 Å². The van der Waals surface area contributed by atoms with Gasteiger partial charge in [0.2, 0.25) is 0 Å². The van der Waals surface area contributed by atoms with Crippen molar-refractivity contribution in [1.82, 2.24) is 4.57 Å². The zero-order valence-electron chi connectivity index (χ0n) is 33.6. The van der Waals surface area contributed by atoms with Gasteiger partial charge in [-0.25, -0.2) is 0 Å². The molecule has 0 aliphatic carbocycles. The summed E-state index contributed by atoms with van der Waals surface area (Å²) in [5.41, 5.74) is 13.6. The number of rotatable bonds is 5. The van der Waals surface area contributed by atoms with Crippen LogP contribution in [0.1, 0.15) is 62.8 Å². The quantitative estimate of drug-likeness (QED) is 0.176. The van der Waals surface area contributed by atoms with E-state index in [0.29, 0.717) is 0 Å². The lowest BCUT2D eigenvalue weighted by molar-refractivity contribution is -0.166. The molecule has 10 rings (SSSR count). The molecule has 0 amide bonds. The van der Waals surface area contributed by atoms with Crippen molar-refractivity contribution in [3.8, 4) is 28.3 Å². The summed E-state index contributed by atoms with van der Waals surface area (Å²) < 4.78 is 17.0. The van der Waals surface area contributed by atoms with Crippen molar-refractivity contribution < 1.29 is 9.47 Å². The van der Waals surface area contributed by atoms with Gasteiger partial charge in [0.1, 0.15) is 11.5 Å². The van der Waals surface area contributed by atoms with E-state index in [1.165, 1.54) is 55.2 Å². The van der Waals surface area contributed by atoms with Gasteiger partial charge in [-0.05, 0) is 84.6 Å². The van der Waals surface area contributed by atoms with E-state index in [4.69, 9.17) is 9.47 Å². The number of anilines is 3. The van der Waals surface area contributed by atoms with E-state index in [1.54, 1.807) is 0 Å². The number of aromatic nitrogens is 1. The third-order valence-corrected chi connectivity index (χ3v) is 12.4. The number of fused-ring (bicyclic) bond motifs is 5. The minimum atomic E-state index is -0.859. The fraction of sp³-hybridized carbons (Fsp3) is 0.208. The molecule has 1 aromatic heterocycles. The van der Waals surface area contributed by atoms with Gasteiger partial charge in [0.25, 0.3) is 5.79 Å². The minimum absolute atomic E-state index is 0.199. The zero-order valence-corrected chi connectivity index (χ0v) is 33.6. The lowest BCUT2D eigenvalue weighted by atomic mass is 9.68. The smallest absolute Gasteiger partial charge is 0.252 e. The predicted molar refractivity (Wildman–Crippen MR) is 236 cm³/mol. The highest BCUT2D eigenvalue weighted by Gasteiger charge is 2.53. The number of nitrogens with zero attached hydrogens (tertiary/aromatic N) is 2. The van der Waals surface area contributed by atoms with E-state index >= 15 is 0 Å². The van der Waals surface area contributed by atoms with Crippen LogP contribution in [-0.2, 0) is 10.8 Å². The number of hydrogen-bond donors (Lipinski definition) is 0. The first-order valence-corrected chi connectivity index (χ1v) is 20.2. The Kier molecular flexibility index (Phi) is 7.96. The first-order valence-electron chi connectivity index (χ1n) is 20.2. The number of benzene rings is 7. The van der Waals surface area contributed by atoms with Gasteiger partial charge in [-0.2, -0.15) is 0 Å². The highest BCUT2D eigenvalue weighted by molar-refractivity contribution is 6.09. The Balaban J connectivity index is 1.08. The zero-order chi connectivity index (χ0) is 39.1. The maximum atomic E-state index is 7.33. The summed E-state index contributed by atoms with van der Waals surface area (Å²) in [6.45, 7) is 13.8. The summed E-state index contributed by atoms with van der Waals surface area (Å²) in [6.07, 6.45) is 1.47. The molecule has 3 heterocycles. The van der Waals surface area contributed by atoms with Crippen LogP contribution >= 0.6 is 0 Å². The Bertz CT molecular complexity index is 2760. The largest absolute Gasteiger partial charge is 0.452 e. The van der Waals surface area contributed by atoms with Crippen LogP contribution in [0.4, 0.5) is 17.1 Å². The second-order valence-electron chi connectivity index (χ2n) is 17.5. The molecule has 4 heteroatoms. The van der Waals surface area contributed by atoms with E-state index in [-0.39, 0.29) is 10.8 Å². The van der Waals surface area contributed by atoms with E-state index in [2.05, 4.69) is 209 Å². The van der Waals surface area contributed by atoms with Crippen LogP contribution in [0.15, 0.2) is 158 Å². The van der Waals surface area contributed by atoms with Crippen molar-refractivity contribution >= 4 is 38.9 Å². The normalized spacial score (nSPS) is 17.8. The van der Waals surface area contributed by atoms with E-state index in [0.717, 1.165) is 47.1 Å². The van der Waals surface area contributed by atoms with Crippen LogP contribution in [0.25, 0.3) is 38.6 Å². The number of aryl methyl sites for hydroxylation is 2. The molecule has 0 radical (unpaired) electrons. The summed E-state index contributed by atoms with van der Waals surface area (Å²) >= 11 is 0. The van der Waals surface area contributed by atoms with Crippen LogP contribution in [0.3, 0.4) is 0 Å². The molecule has 0 saturated heterocycles. The number of para-hydroxylation sites is 3. The lowest BCUT2D eigenvalue weighted by Gasteiger charge is -2.51. The Hall–Kier alpha value is -6.26. The molecule has 2 aliphatic heterocycles. The summed E-state index contributed by atoms with van der Waals surface area (Å²) in [4.78, 5) is 2.35. The molecule has 282 valence electrons. The average Bonchev–Trinajstić information content (AvgIpc) is 3.53. The summed E-state index contributed by atoms with van der Waals surface area (Å²) in [7, 11) is 0. The molecule has 8 aromatic rings. The molecule has 7 aromatic carbocycles. The predicted octanol–water partition coefficient (Wildman–Crippen LogP) is 14.1. The first-order chi connectivity index (χ1) is 27.5. The molecular weight excluding hydrogens is 697 g/mol. The number of hydrogen-bond acceptors (Lipinski definition) is 3. The second kappa shape index (κ2) is 12.9. The van der Waals surface area contributed by atoms with E-state index in [1.807, 2.05) is 0 Å². The topological polar surface area (TPSA) is 26.6 Å². The van der Waals surface area contributed by atoms with Crippen LogP contribution in [0, 0.1) is 13.8 Å². The molecule has 0 bridgehead atoms. The molecule has 1 atom stereocenters. The monoisotopic (exact) mass is 744 g/mol. The van der Waals surface area contributed by atoms with Gasteiger partial charge in [0.15, 0.2) is 0 Å². The maximum Gasteiger partial charge on any atom is 0.252 e. The summed E-state index contributed by atoms with van der Waals surface area (Å²) in [5.74, 6) is 0.911. The molecule has 0 saturated carbocycles. The molecule has 57 heavy (non-hydrogen) atoms. The Morgan fingerprint density at radius 2 is 0.965 bits per heavy atom. The van der Waals surface area contributed by atoms with E-state index < -0.39 is 5.79 Å². The first kappa shape index (κ1) is 35.2. The highest BCUT2D eigenvalue weighted by Crippen LogP contribution is 2.56. The van der Waals surface area contributed by atoms with Gasteiger partial charge in [-0.1, -0.05) is 125 Å². The Morgan fingerprint density at radius 3 is 1.56 bits per heavy atom. The highest BCUT2D eigenvalue weighted by atomic mass is 16.7. The molecule has 4 nitrogen and oxygen atoms in total. The molecule has 0 N–H and O–H groups in total. The number of ether oxygens (including phenoxy) is 2. The fourth-order valence-electron chi connectivity index (χ4n) is 9.85. The SMILES string of the molecule is Cc1cc2c(cc1N(c1ccccc1)c1ccc(-c3ccccc3)cc1)OC1(CC2(C)C)CC(C)(C)c2cc(C)c(-n3c4ccccc4c4ccccc43)cc2O1. The average molecular weight is 745 g/mol. The van der Waals surface area contributed by atoms with Crippen molar-refractivity contribution in [2.45, 2.75) is 71.0 Å². The van der Waals surface area contributed by atoms with Gasteiger partial charge in [0.05, 0.1) is 22.4 Å². The fourth-order valence-corrected chi connectivity index (χ4v) is 9.85. The maximum absolute atomic E-state index is 7.33. The van der Waals surface area contributed by atoms with Crippen molar-refractivity contribution in [3.63, 3.8) is 0 Å². The van der Waals surface area contributed by atoms with Crippen molar-refractivity contribution in [1.29, 1.82) is 0 Å². The summed E-state index contributed by atoms with van der Waals surface area (Å²) in [5, 5.41) is 2.50. The second-order valence-corrected chi connectivity index (χ2v) is 17.5. The van der Waals surface area contributed by atoms with Crippen LogP contribution in [0.5, 0.6) is 11.5 Å². The van der Waals surface area contributed by atoms with Gasteiger partial charge < -0.3 is 18.9 Å². The van der Waals surface area contributed by atoms with Gasteiger partial charge in [-0.3, -0.25) is 0 Å². The van der Waals surface area contributed by atoms with Crippen LogP contribution < -0.4 is 14.4 Å². The third-order valence-electron chi connectivity index (χ3n) is 12.4. The van der Waals surface area contributed by atoms with E-state index in [9.17, 15) is 0 Å². The molecule has 1 unspecified atom stereocenters. The minimum Gasteiger partial charge on any atom is -0.452 e. The summed E-state index contributed by atoms with van der Waals surface area (Å²) in [6, 6.07) is 56.7. The third kappa shape index (κ3) is 5.81. The van der Waals surface area contributed by atoms with Crippen molar-refractivity contribution in [2.24, 2.45) is 0 Å². The lowest BCUT2D eigenvalue weighted by Crippen LogP contribution is -2.55. The van der Waals surface area contributed by atoms with Gasteiger partial charge >= 0.3 is 0 Å². The van der Waals surface area contributed by atoms with Crippen LogP contribution in [-0.4, -0.2) is 10.4 Å². The molecule has 0 fully saturated rings. The Labute approximate surface area is 335 Å². The van der Waals surface area contributed by atoms with Crippen molar-refractivity contribution in [3.05, 3.63) is 180 Å². The van der Waals surface area contributed by atoms with Gasteiger partial charge in [0, 0.05) is 69.1 Å². The standard InChI is InChI=1S/C53H48N2O2/c1-35-29-43-49(31-47(35)54(39-19-11-8-12-20-39)40-27-25-38(26-28-40)37-17-9-7-10-18-37)56-53(33-51(43,3)4)34-52(5,6)44-30-36(2)48(32-50(44)57-53)55-45-23-15-13-21-41(45)42-22-14-16-24-46(42)55/h7-32H,33-34H2,1-6H3. The molecule has 1 spiro atoms. The van der Waals surface area contributed by atoms with Gasteiger partial charge in [-0.15, -0.1) is 0 Å². The van der Waals surface area contributed by atoms with Crippen LogP contribution in [0.2, 0.25) is 0 Å². The Morgan fingerprint density at radius 1 is 0.491 bits per heavy atom. The molecular formula is C53H48N2O2. The molecule has 2 aliphatic rings.